The first-order chi connectivity index (χ1) is 6.04. The Morgan fingerprint density at radius 1 is 1.54 bits per heavy atom. The van der Waals surface area contributed by atoms with Crippen LogP contribution in [0.1, 0.15) is 38.4 Å². The van der Waals surface area contributed by atoms with Gasteiger partial charge in [0.05, 0.1) is 11.6 Å². The van der Waals surface area contributed by atoms with Crippen molar-refractivity contribution in [2.24, 2.45) is 0 Å². The van der Waals surface area contributed by atoms with Crippen LogP contribution in [-0.2, 0) is 4.79 Å². The van der Waals surface area contributed by atoms with Gasteiger partial charge in [0.1, 0.15) is 0 Å². The van der Waals surface area contributed by atoms with Crippen LogP contribution in [0.4, 0.5) is 0 Å². The molecular weight excluding hydrogens is 168 g/mol. The molecule has 0 bridgehead atoms. The van der Waals surface area contributed by atoms with Crippen LogP contribution in [0.2, 0.25) is 0 Å². The Morgan fingerprint density at radius 3 is 2.62 bits per heavy atom. The van der Waals surface area contributed by atoms with Crippen molar-refractivity contribution in [3.8, 4) is 0 Å². The van der Waals surface area contributed by atoms with E-state index in [9.17, 15) is 4.79 Å². The lowest BCUT2D eigenvalue weighted by Crippen LogP contribution is -2.15. The minimum absolute atomic E-state index is 0.201. The molecule has 0 aliphatic heterocycles. The van der Waals surface area contributed by atoms with Gasteiger partial charge in [-0.25, -0.2) is 0 Å². The SMILES string of the molecule is CC(C(=O)O)c1ccnn1C(C)C. The number of carbonyl (C=O) groups is 1. The normalized spacial score (nSPS) is 13.2. The fourth-order valence-electron chi connectivity index (χ4n) is 1.23. The molecular formula is C9H14N2O2. The zero-order valence-corrected chi connectivity index (χ0v) is 8.06. The Labute approximate surface area is 77.2 Å². The van der Waals surface area contributed by atoms with Gasteiger partial charge >= 0.3 is 5.97 Å². The van der Waals surface area contributed by atoms with E-state index in [1.807, 2.05) is 13.8 Å². The van der Waals surface area contributed by atoms with Crippen LogP contribution in [-0.4, -0.2) is 20.9 Å². The number of carboxylic acid groups (broad SMARTS) is 1. The summed E-state index contributed by atoms with van der Waals surface area (Å²) in [6.07, 6.45) is 1.63. The van der Waals surface area contributed by atoms with E-state index in [2.05, 4.69) is 5.10 Å². The molecule has 4 heteroatoms. The molecule has 0 aliphatic rings. The fraction of sp³-hybridized carbons (Fsp3) is 0.556. The number of carboxylic acids is 1. The van der Waals surface area contributed by atoms with E-state index in [-0.39, 0.29) is 6.04 Å². The van der Waals surface area contributed by atoms with Gasteiger partial charge < -0.3 is 5.11 Å². The topological polar surface area (TPSA) is 55.1 Å². The molecule has 1 atom stereocenters. The molecule has 0 saturated carbocycles. The molecule has 0 aliphatic carbocycles. The zero-order chi connectivity index (χ0) is 10.0. The maximum Gasteiger partial charge on any atom is 0.312 e. The first-order valence-electron chi connectivity index (χ1n) is 4.30. The van der Waals surface area contributed by atoms with Gasteiger partial charge in [0.15, 0.2) is 0 Å². The van der Waals surface area contributed by atoms with E-state index in [1.165, 1.54) is 0 Å². The minimum Gasteiger partial charge on any atom is -0.481 e. The highest BCUT2D eigenvalue weighted by atomic mass is 16.4. The van der Waals surface area contributed by atoms with Crippen LogP contribution >= 0.6 is 0 Å². The van der Waals surface area contributed by atoms with Crippen LogP contribution in [0.5, 0.6) is 0 Å². The number of aromatic nitrogens is 2. The van der Waals surface area contributed by atoms with E-state index < -0.39 is 11.9 Å². The first kappa shape index (κ1) is 9.77. The highest BCUT2D eigenvalue weighted by Crippen LogP contribution is 2.18. The van der Waals surface area contributed by atoms with Crippen molar-refractivity contribution in [1.29, 1.82) is 0 Å². The average molecular weight is 182 g/mol. The third-order valence-corrected chi connectivity index (χ3v) is 2.00. The molecule has 0 amide bonds. The number of aliphatic carboxylic acids is 1. The van der Waals surface area contributed by atoms with Crippen molar-refractivity contribution in [2.45, 2.75) is 32.7 Å². The summed E-state index contributed by atoms with van der Waals surface area (Å²) in [5.41, 5.74) is 0.752. The summed E-state index contributed by atoms with van der Waals surface area (Å²) in [6, 6.07) is 1.95. The van der Waals surface area contributed by atoms with Gasteiger partial charge in [0.2, 0.25) is 0 Å². The minimum atomic E-state index is -0.817. The molecule has 1 unspecified atom stereocenters. The monoisotopic (exact) mass is 182 g/mol. The smallest absolute Gasteiger partial charge is 0.312 e. The first-order valence-corrected chi connectivity index (χ1v) is 4.30. The van der Waals surface area contributed by atoms with Crippen LogP contribution in [0, 0.1) is 0 Å². The molecule has 1 heterocycles. The van der Waals surface area contributed by atoms with Gasteiger partial charge in [-0.2, -0.15) is 5.10 Å². The molecule has 13 heavy (non-hydrogen) atoms. The van der Waals surface area contributed by atoms with Crippen molar-refractivity contribution >= 4 is 5.97 Å². The average Bonchev–Trinajstić information content (AvgIpc) is 2.50. The lowest BCUT2D eigenvalue weighted by atomic mass is 10.1. The Hall–Kier alpha value is -1.32. The quantitative estimate of drug-likeness (QED) is 0.773. The van der Waals surface area contributed by atoms with E-state index >= 15 is 0 Å². The summed E-state index contributed by atoms with van der Waals surface area (Å²) in [5.74, 6) is -1.31. The second kappa shape index (κ2) is 3.60. The standard InChI is InChI=1S/C9H14N2O2/c1-6(2)11-8(4-5-10-11)7(3)9(12)13/h4-7H,1-3H3,(H,12,13). The van der Waals surface area contributed by atoms with E-state index in [4.69, 9.17) is 5.11 Å². The molecule has 0 radical (unpaired) electrons. The third-order valence-electron chi connectivity index (χ3n) is 2.00. The number of nitrogens with zero attached hydrogens (tertiary/aromatic N) is 2. The molecule has 0 fully saturated rings. The van der Waals surface area contributed by atoms with Crippen molar-refractivity contribution in [2.75, 3.05) is 0 Å². The van der Waals surface area contributed by atoms with E-state index in [0.29, 0.717) is 0 Å². The largest absolute Gasteiger partial charge is 0.481 e. The molecule has 0 saturated heterocycles. The van der Waals surface area contributed by atoms with Gasteiger partial charge in [-0.3, -0.25) is 9.48 Å². The van der Waals surface area contributed by atoms with Gasteiger partial charge in [-0.05, 0) is 26.8 Å². The summed E-state index contributed by atoms with van der Waals surface area (Å²) in [6.45, 7) is 5.62. The zero-order valence-electron chi connectivity index (χ0n) is 8.06. The van der Waals surface area contributed by atoms with Crippen LogP contribution in [0.25, 0.3) is 0 Å². The highest BCUT2D eigenvalue weighted by molar-refractivity contribution is 5.74. The molecule has 1 N–H and O–H groups in total. The Morgan fingerprint density at radius 2 is 2.15 bits per heavy atom. The summed E-state index contributed by atoms with van der Waals surface area (Å²) >= 11 is 0. The lowest BCUT2D eigenvalue weighted by molar-refractivity contribution is -0.138. The number of hydrogen-bond acceptors (Lipinski definition) is 2. The van der Waals surface area contributed by atoms with E-state index in [0.717, 1.165) is 5.69 Å². The van der Waals surface area contributed by atoms with Crippen molar-refractivity contribution in [3.05, 3.63) is 18.0 Å². The summed E-state index contributed by atoms with van der Waals surface area (Å²) in [4.78, 5) is 10.7. The van der Waals surface area contributed by atoms with Gasteiger partial charge in [-0.1, -0.05) is 0 Å². The Bertz CT molecular complexity index is 304. The van der Waals surface area contributed by atoms with Crippen LogP contribution in [0.3, 0.4) is 0 Å². The van der Waals surface area contributed by atoms with Crippen LogP contribution in [0.15, 0.2) is 12.3 Å². The highest BCUT2D eigenvalue weighted by Gasteiger charge is 2.18. The third kappa shape index (κ3) is 1.88. The number of hydrogen-bond donors (Lipinski definition) is 1. The maximum atomic E-state index is 10.7. The Kier molecular flexibility index (Phi) is 2.70. The predicted octanol–water partition coefficient (Wildman–Crippen LogP) is 1.65. The predicted molar refractivity (Wildman–Crippen MR) is 48.7 cm³/mol. The van der Waals surface area contributed by atoms with Crippen molar-refractivity contribution in [1.82, 2.24) is 9.78 Å². The second-order valence-electron chi connectivity index (χ2n) is 3.35. The van der Waals surface area contributed by atoms with Gasteiger partial charge in [0, 0.05) is 12.2 Å². The van der Waals surface area contributed by atoms with Gasteiger partial charge in [0.25, 0.3) is 0 Å². The molecule has 72 valence electrons. The van der Waals surface area contributed by atoms with E-state index in [1.54, 1.807) is 23.9 Å². The van der Waals surface area contributed by atoms with Crippen molar-refractivity contribution < 1.29 is 9.90 Å². The molecule has 0 aromatic carbocycles. The fourth-order valence-corrected chi connectivity index (χ4v) is 1.23. The lowest BCUT2D eigenvalue weighted by Gasteiger charge is -2.13. The summed E-state index contributed by atoms with van der Waals surface area (Å²) in [7, 11) is 0. The van der Waals surface area contributed by atoms with Gasteiger partial charge in [-0.15, -0.1) is 0 Å². The maximum absolute atomic E-state index is 10.7. The Balaban J connectivity index is 3.00. The summed E-state index contributed by atoms with van der Waals surface area (Å²) in [5, 5.41) is 12.9. The molecule has 1 aromatic heterocycles. The molecule has 4 nitrogen and oxygen atoms in total. The van der Waals surface area contributed by atoms with Crippen LogP contribution < -0.4 is 0 Å². The molecule has 0 spiro atoms. The summed E-state index contributed by atoms with van der Waals surface area (Å²) < 4.78 is 1.73. The molecule has 1 aromatic rings. The second-order valence-corrected chi connectivity index (χ2v) is 3.35. The van der Waals surface area contributed by atoms with Crippen molar-refractivity contribution in [3.63, 3.8) is 0 Å². The number of rotatable bonds is 3. The molecule has 1 rings (SSSR count).